The highest BCUT2D eigenvalue weighted by Gasteiger charge is 2.41. The van der Waals surface area contributed by atoms with Crippen molar-refractivity contribution >= 4 is 11.8 Å². The second-order valence-corrected chi connectivity index (χ2v) is 10.8. The summed E-state index contributed by atoms with van der Waals surface area (Å²) < 4.78 is -0.173. The Morgan fingerprint density at radius 1 is 0.656 bits per heavy atom. The van der Waals surface area contributed by atoms with Crippen LogP contribution in [0.3, 0.4) is 0 Å². The van der Waals surface area contributed by atoms with Crippen LogP contribution in [0.5, 0.6) is 0 Å². The summed E-state index contributed by atoms with van der Waals surface area (Å²) in [5.74, 6) is 0.834. The molecule has 2 atom stereocenters. The highest BCUT2D eigenvalue weighted by Crippen LogP contribution is 2.53. The first-order valence-electron chi connectivity index (χ1n) is 12.7. The fraction of sp³-hybridized carbons (Fsp3) is 0.419. The lowest BCUT2D eigenvalue weighted by atomic mass is 9.83. The third-order valence-corrected chi connectivity index (χ3v) is 9.12. The minimum absolute atomic E-state index is 0.173. The van der Waals surface area contributed by atoms with Gasteiger partial charge in [-0.2, -0.15) is 0 Å². The monoisotopic (exact) mass is 442 g/mol. The molecule has 168 valence electrons. The molecule has 0 radical (unpaired) electrons. The van der Waals surface area contributed by atoms with E-state index >= 15 is 0 Å². The Labute approximate surface area is 199 Å². The quantitative estimate of drug-likeness (QED) is 0.223. The molecule has 0 saturated heterocycles. The summed E-state index contributed by atoms with van der Waals surface area (Å²) in [4.78, 5) is 0. The standard InChI is InChI=1S/C31H38S/c1-2-3-4-8-17-26-18-15-16-25-30(26)32-31(27-19-9-5-10-20-27,28-21-11-6-12-22-28)29-23-13-7-14-24-29/h5-7,9-14,19-24,26,30H,2-4,8,15-18,25H2,1H3. The van der Waals surface area contributed by atoms with Gasteiger partial charge in [-0.15, -0.1) is 11.8 Å². The van der Waals surface area contributed by atoms with E-state index in [0.29, 0.717) is 5.25 Å². The van der Waals surface area contributed by atoms with Crippen LogP contribution in [0.15, 0.2) is 91.0 Å². The first kappa shape index (κ1) is 23.2. The van der Waals surface area contributed by atoms with Gasteiger partial charge in [-0.25, -0.2) is 0 Å². The Kier molecular flexibility index (Phi) is 8.51. The van der Waals surface area contributed by atoms with Gasteiger partial charge in [0.05, 0.1) is 4.75 Å². The number of hydrogen-bond acceptors (Lipinski definition) is 1. The van der Waals surface area contributed by atoms with E-state index in [9.17, 15) is 0 Å². The van der Waals surface area contributed by atoms with E-state index in [1.807, 2.05) is 0 Å². The Bertz CT molecular complexity index is 806. The molecule has 1 aliphatic carbocycles. The number of unbranched alkanes of at least 4 members (excludes halogenated alkanes) is 3. The fourth-order valence-corrected chi connectivity index (χ4v) is 7.46. The normalized spacial score (nSPS) is 19.0. The van der Waals surface area contributed by atoms with Crippen molar-refractivity contribution in [2.75, 3.05) is 0 Å². The Hall–Kier alpha value is -1.99. The zero-order chi connectivity index (χ0) is 22.1. The lowest BCUT2D eigenvalue weighted by Gasteiger charge is -2.42. The molecule has 0 nitrogen and oxygen atoms in total. The van der Waals surface area contributed by atoms with Crippen molar-refractivity contribution in [3.05, 3.63) is 108 Å². The van der Waals surface area contributed by atoms with E-state index in [0.717, 1.165) is 5.92 Å². The van der Waals surface area contributed by atoms with Crippen LogP contribution < -0.4 is 0 Å². The largest absolute Gasteiger partial charge is 0.137 e. The maximum atomic E-state index is 2.34. The summed E-state index contributed by atoms with van der Waals surface area (Å²) in [7, 11) is 0. The summed E-state index contributed by atoms with van der Waals surface area (Å²) in [5, 5.41) is 0.700. The lowest BCUT2D eigenvalue weighted by molar-refractivity contribution is 0.338. The molecule has 1 heteroatoms. The zero-order valence-electron chi connectivity index (χ0n) is 19.6. The van der Waals surface area contributed by atoms with Crippen LogP contribution in [0.1, 0.15) is 81.4 Å². The predicted octanol–water partition coefficient (Wildman–Crippen LogP) is 9.24. The van der Waals surface area contributed by atoms with Crippen LogP contribution in [-0.4, -0.2) is 5.25 Å². The van der Waals surface area contributed by atoms with Gasteiger partial charge in [-0.3, -0.25) is 0 Å². The number of thioether (sulfide) groups is 1. The van der Waals surface area contributed by atoms with Gasteiger partial charge in [0.25, 0.3) is 0 Å². The van der Waals surface area contributed by atoms with Crippen molar-refractivity contribution in [2.24, 2.45) is 5.92 Å². The van der Waals surface area contributed by atoms with Crippen molar-refractivity contribution in [2.45, 2.75) is 74.7 Å². The van der Waals surface area contributed by atoms with Crippen LogP contribution in [0.4, 0.5) is 0 Å². The summed E-state index contributed by atoms with van der Waals surface area (Å²) in [6, 6.07) is 33.7. The summed E-state index contributed by atoms with van der Waals surface area (Å²) >= 11 is 2.24. The Balaban J connectivity index is 1.75. The van der Waals surface area contributed by atoms with Crippen molar-refractivity contribution in [3.63, 3.8) is 0 Å². The lowest BCUT2D eigenvalue weighted by Crippen LogP contribution is -2.32. The predicted molar refractivity (Wildman–Crippen MR) is 141 cm³/mol. The van der Waals surface area contributed by atoms with E-state index in [1.54, 1.807) is 0 Å². The van der Waals surface area contributed by atoms with Gasteiger partial charge in [0.1, 0.15) is 0 Å². The molecule has 3 aromatic rings. The smallest absolute Gasteiger partial charge is 0.0909 e. The molecule has 0 spiro atoms. The van der Waals surface area contributed by atoms with E-state index in [2.05, 4.69) is 110 Å². The highest BCUT2D eigenvalue weighted by atomic mass is 32.2. The number of rotatable bonds is 10. The minimum Gasteiger partial charge on any atom is -0.137 e. The SMILES string of the molecule is CCCCCCC1CCCCC1SC(c1ccccc1)(c1ccccc1)c1ccccc1. The van der Waals surface area contributed by atoms with Crippen LogP contribution in [0.25, 0.3) is 0 Å². The molecule has 0 amide bonds. The highest BCUT2D eigenvalue weighted by molar-refractivity contribution is 8.01. The Morgan fingerprint density at radius 2 is 1.16 bits per heavy atom. The third-order valence-electron chi connectivity index (χ3n) is 7.14. The molecule has 0 N–H and O–H groups in total. The van der Waals surface area contributed by atoms with Crippen LogP contribution in [0.2, 0.25) is 0 Å². The van der Waals surface area contributed by atoms with Crippen LogP contribution >= 0.6 is 11.8 Å². The van der Waals surface area contributed by atoms with E-state index < -0.39 is 0 Å². The molecule has 1 fully saturated rings. The van der Waals surface area contributed by atoms with Crippen molar-refractivity contribution in [1.29, 1.82) is 0 Å². The molecular weight excluding hydrogens is 404 g/mol. The molecule has 0 heterocycles. The van der Waals surface area contributed by atoms with Gasteiger partial charge in [0.2, 0.25) is 0 Å². The molecule has 0 aliphatic heterocycles. The molecular formula is C31H38S. The zero-order valence-corrected chi connectivity index (χ0v) is 20.4. The minimum atomic E-state index is -0.173. The molecule has 32 heavy (non-hydrogen) atoms. The van der Waals surface area contributed by atoms with Gasteiger partial charge < -0.3 is 0 Å². The average molecular weight is 443 g/mol. The van der Waals surface area contributed by atoms with Crippen molar-refractivity contribution < 1.29 is 0 Å². The van der Waals surface area contributed by atoms with Gasteiger partial charge >= 0.3 is 0 Å². The molecule has 2 unspecified atom stereocenters. The third kappa shape index (κ3) is 5.31. The molecule has 4 rings (SSSR count). The van der Waals surface area contributed by atoms with Gasteiger partial charge in [-0.1, -0.05) is 136 Å². The first-order chi connectivity index (χ1) is 15.8. The van der Waals surface area contributed by atoms with Crippen molar-refractivity contribution in [3.8, 4) is 0 Å². The average Bonchev–Trinajstić information content (AvgIpc) is 2.87. The molecule has 0 aromatic heterocycles. The van der Waals surface area contributed by atoms with E-state index in [-0.39, 0.29) is 4.75 Å². The molecule has 1 saturated carbocycles. The number of hydrogen-bond donors (Lipinski definition) is 0. The van der Waals surface area contributed by atoms with E-state index in [1.165, 1.54) is 74.5 Å². The fourth-order valence-electron chi connectivity index (χ4n) is 5.44. The topological polar surface area (TPSA) is 0 Å². The number of benzene rings is 3. The van der Waals surface area contributed by atoms with Crippen LogP contribution in [-0.2, 0) is 4.75 Å². The first-order valence-corrected chi connectivity index (χ1v) is 13.6. The maximum Gasteiger partial charge on any atom is 0.0909 e. The summed E-state index contributed by atoms with van der Waals surface area (Å²) in [6.45, 7) is 2.31. The van der Waals surface area contributed by atoms with Gasteiger partial charge in [0, 0.05) is 5.25 Å². The summed E-state index contributed by atoms with van der Waals surface area (Å²) in [6.07, 6.45) is 12.4. The summed E-state index contributed by atoms with van der Waals surface area (Å²) in [5.41, 5.74) is 4.20. The second-order valence-electron chi connectivity index (χ2n) is 9.33. The van der Waals surface area contributed by atoms with E-state index in [4.69, 9.17) is 0 Å². The molecule has 0 bridgehead atoms. The Morgan fingerprint density at radius 3 is 1.66 bits per heavy atom. The molecule has 1 aliphatic rings. The van der Waals surface area contributed by atoms with Gasteiger partial charge in [0.15, 0.2) is 0 Å². The van der Waals surface area contributed by atoms with Crippen LogP contribution in [0, 0.1) is 5.92 Å². The van der Waals surface area contributed by atoms with Gasteiger partial charge in [-0.05, 0) is 41.9 Å². The second kappa shape index (κ2) is 11.8. The van der Waals surface area contributed by atoms with Crippen molar-refractivity contribution in [1.82, 2.24) is 0 Å². The maximum absolute atomic E-state index is 2.34. The molecule has 3 aromatic carbocycles.